The fourth-order valence-electron chi connectivity index (χ4n) is 3.25. The van der Waals surface area contributed by atoms with Gasteiger partial charge in [-0.05, 0) is 65.9 Å². The molecule has 3 unspecified atom stereocenters. The molecule has 0 saturated heterocycles. The van der Waals surface area contributed by atoms with Crippen molar-refractivity contribution in [2.75, 3.05) is 13.3 Å². The van der Waals surface area contributed by atoms with Crippen molar-refractivity contribution in [3.8, 4) is 0 Å². The molecule has 0 radical (unpaired) electrons. The lowest BCUT2D eigenvalue weighted by molar-refractivity contribution is 0.282. The van der Waals surface area contributed by atoms with Gasteiger partial charge >= 0.3 is 0 Å². The van der Waals surface area contributed by atoms with E-state index in [1.165, 1.54) is 6.26 Å². The third-order valence-corrected chi connectivity index (χ3v) is 7.21. The van der Waals surface area contributed by atoms with Crippen molar-refractivity contribution in [2.24, 2.45) is 5.92 Å². The first-order valence-corrected chi connectivity index (χ1v) is 10.3. The predicted molar refractivity (Wildman–Crippen MR) is 91.5 cm³/mol. The molecule has 3 atom stereocenters. The minimum absolute atomic E-state index is 0.156. The van der Waals surface area contributed by atoms with Gasteiger partial charge in [-0.1, -0.05) is 24.1 Å². The third kappa shape index (κ3) is 4.21. The molecule has 0 amide bonds. The highest BCUT2D eigenvalue weighted by Gasteiger charge is 2.33. The van der Waals surface area contributed by atoms with Crippen molar-refractivity contribution in [2.45, 2.75) is 37.0 Å². The Labute approximate surface area is 140 Å². The van der Waals surface area contributed by atoms with Gasteiger partial charge in [0.25, 0.3) is 0 Å². The number of nitrogens with one attached hydrogen (secondary N) is 1. The lowest BCUT2D eigenvalue weighted by atomic mass is 9.81. The van der Waals surface area contributed by atoms with E-state index in [1.54, 1.807) is 0 Å². The summed E-state index contributed by atoms with van der Waals surface area (Å²) in [4.78, 5) is 0. The van der Waals surface area contributed by atoms with Crippen LogP contribution in [0.1, 0.15) is 37.3 Å². The van der Waals surface area contributed by atoms with Crippen molar-refractivity contribution in [3.63, 3.8) is 0 Å². The Morgan fingerprint density at radius 2 is 2.10 bits per heavy atom. The Morgan fingerprint density at radius 1 is 1.38 bits per heavy atom. The lowest BCUT2D eigenvalue weighted by Crippen LogP contribution is -2.34. The second kappa shape index (κ2) is 6.99. The van der Waals surface area contributed by atoms with Gasteiger partial charge < -0.3 is 5.32 Å². The summed E-state index contributed by atoms with van der Waals surface area (Å²) in [5, 5.41) is 3.83. The highest BCUT2D eigenvalue weighted by molar-refractivity contribution is 9.10. The summed E-state index contributed by atoms with van der Waals surface area (Å²) in [6, 6.07) is 6.07. The SMILES string of the molecule is CNC(c1ccc(Cl)c(Br)c1)C1CCCC(S(C)(=O)=O)C1. The fraction of sp³-hybridized carbons (Fsp3) is 0.600. The van der Waals surface area contributed by atoms with Crippen LogP contribution in [0.5, 0.6) is 0 Å². The number of hydrogen-bond donors (Lipinski definition) is 1. The van der Waals surface area contributed by atoms with Crippen molar-refractivity contribution in [1.29, 1.82) is 0 Å². The lowest BCUT2D eigenvalue weighted by Gasteiger charge is -2.34. The molecule has 0 aromatic heterocycles. The molecule has 3 nitrogen and oxygen atoms in total. The summed E-state index contributed by atoms with van der Waals surface area (Å²) in [6.45, 7) is 0. The van der Waals surface area contributed by atoms with Gasteiger partial charge in [0.2, 0.25) is 0 Å². The molecule has 118 valence electrons. The zero-order valence-electron chi connectivity index (χ0n) is 12.3. The number of sulfone groups is 1. The topological polar surface area (TPSA) is 46.2 Å². The van der Waals surface area contributed by atoms with Crippen molar-refractivity contribution in [1.82, 2.24) is 5.32 Å². The van der Waals surface area contributed by atoms with Gasteiger partial charge in [-0.15, -0.1) is 0 Å². The zero-order chi connectivity index (χ0) is 15.6. The van der Waals surface area contributed by atoms with Crippen molar-refractivity contribution in [3.05, 3.63) is 33.3 Å². The molecular weight excluding hydrogens is 374 g/mol. The summed E-state index contributed by atoms with van der Waals surface area (Å²) < 4.78 is 24.5. The Hall–Kier alpha value is -0.100. The van der Waals surface area contributed by atoms with Crippen LogP contribution < -0.4 is 5.32 Å². The monoisotopic (exact) mass is 393 g/mol. The maximum absolute atomic E-state index is 11.8. The number of hydrogen-bond acceptors (Lipinski definition) is 3. The maximum atomic E-state index is 11.8. The summed E-state index contributed by atoms with van der Waals surface area (Å²) in [6.07, 6.45) is 4.89. The van der Waals surface area contributed by atoms with Gasteiger partial charge in [-0.2, -0.15) is 0 Å². The maximum Gasteiger partial charge on any atom is 0.150 e. The quantitative estimate of drug-likeness (QED) is 0.840. The molecule has 1 saturated carbocycles. The Balaban J connectivity index is 2.22. The van der Waals surface area contributed by atoms with Gasteiger partial charge in [0.05, 0.1) is 10.3 Å². The summed E-state index contributed by atoms with van der Waals surface area (Å²) in [5.74, 6) is 0.330. The number of rotatable bonds is 4. The van der Waals surface area contributed by atoms with Gasteiger partial charge in [0.15, 0.2) is 0 Å². The largest absolute Gasteiger partial charge is 0.313 e. The summed E-state index contributed by atoms with van der Waals surface area (Å²) in [5.41, 5.74) is 1.15. The van der Waals surface area contributed by atoms with E-state index in [4.69, 9.17) is 11.6 Å². The average Bonchev–Trinajstić information content (AvgIpc) is 2.43. The fourth-order valence-corrected chi connectivity index (χ4v) is 4.96. The highest BCUT2D eigenvalue weighted by atomic mass is 79.9. The van der Waals surface area contributed by atoms with Crippen LogP contribution >= 0.6 is 27.5 Å². The molecule has 1 aliphatic rings. The molecule has 6 heteroatoms. The average molecular weight is 395 g/mol. The molecule has 0 spiro atoms. The normalized spacial score (nSPS) is 24.8. The number of benzene rings is 1. The molecule has 2 rings (SSSR count). The molecule has 0 heterocycles. The van der Waals surface area contributed by atoms with E-state index in [0.717, 1.165) is 35.7 Å². The minimum Gasteiger partial charge on any atom is -0.313 e. The van der Waals surface area contributed by atoms with E-state index in [-0.39, 0.29) is 11.3 Å². The summed E-state index contributed by atoms with van der Waals surface area (Å²) >= 11 is 9.51. The molecule has 1 fully saturated rings. The van der Waals surface area contributed by atoms with E-state index in [2.05, 4.69) is 21.2 Å². The highest BCUT2D eigenvalue weighted by Crippen LogP contribution is 2.38. The Morgan fingerprint density at radius 3 is 2.67 bits per heavy atom. The van der Waals surface area contributed by atoms with Crippen LogP contribution in [-0.2, 0) is 9.84 Å². The van der Waals surface area contributed by atoms with Crippen molar-refractivity contribution < 1.29 is 8.42 Å². The van der Waals surface area contributed by atoms with E-state index in [1.807, 2.05) is 25.2 Å². The molecule has 1 aromatic rings. The van der Waals surface area contributed by atoms with Gasteiger partial charge in [-0.25, -0.2) is 8.42 Å². The van der Waals surface area contributed by atoms with E-state index < -0.39 is 9.84 Å². The van der Waals surface area contributed by atoms with E-state index in [9.17, 15) is 8.42 Å². The molecular formula is C15H21BrClNO2S. The van der Waals surface area contributed by atoms with Gasteiger partial charge in [0.1, 0.15) is 9.84 Å². The molecule has 1 aromatic carbocycles. The zero-order valence-corrected chi connectivity index (χ0v) is 15.4. The van der Waals surface area contributed by atoms with Crippen LogP contribution in [-0.4, -0.2) is 27.0 Å². The molecule has 21 heavy (non-hydrogen) atoms. The molecule has 1 aliphatic carbocycles. The van der Waals surface area contributed by atoms with Gasteiger partial charge in [-0.3, -0.25) is 0 Å². The molecule has 1 N–H and O–H groups in total. The third-order valence-electron chi connectivity index (χ3n) is 4.36. The van der Waals surface area contributed by atoms with Crippen molar-refractivity contribution >= 4 is 37.4 Å². The van der Waals surface area contributed by atoms with Crippen LogP contribution in [0.3, 0.4) is 0 Å². The molecule has 0 bridgehead atoms. The van der Waals surface area contributed by atoms with Gasteiger partial charge in [0, 0.05) is 16.8 Å². The summed E-state index contributed by atoms with van der Waals surface area (Å²) in [7, 11) is -1.03. The van der Waals surface area contributed by atoms with Crippen LogP contribution in [0.15, 0.2) is 22.7 Å². The van der Waals surface area contributed by atoms with E-state index in [0.29, 0.717) is 10.9 Å². The van der Waals surface area contributed by atoms with Crippen LogP contribution in [0, 0.1) is 5.92 Å². The Kier molecular flexibility index (Phi) is 5.74. The first kappa shape index (κ1) is 17.3. The first-order valence-electron chi connectivity index (χ1n) is 7.14. The predicted octanol–water partition coefficient (Wildman–Crippen LogP) is 3.97. The van der Waals surface area contributed by atoms with Crippen LogP contribution in [0.2, 0.25) is 5.02 Å². The standard InChI is InChI=1S/C15H21BrClNO2S/c1-18-15(11-6-7-14(17)13(16)9-11)10-4-3-5-12(8-10)21(2,19)20/h6-7,9-10,12,15,18H,3-5,8H2,1-2H3. The Bertz CT molecular complexity index is 606. The second-order valence-corrected chi connectivity index (χ2v) is 9.41. The van der Waals surface area contributed by atoms with Crippen LogP contribution in [0.25, 0.3) is 0 Å². The molecule has 0 aliphatic heterocycles. The first-order chi connectivity index (χ1) is 9.82. The van der Waals surface area contributed by atoms with Crippen LogP contribution in [0.4, 0.5) is 0 Å². The van der Waals surface area contributed by atoms with E-state index >= 15 is 0 Å². The number of halogens is 2. The second-order valence-electron chi connectivity index (χ2n) is 5.82. The minimum atomic E-state index is -2.96. The smallest absolute Gasteiger partial charge is 0.150 e.